The van der Waals surface area contributed by atoms with Crippen LogP contribution in [0.2, 0.25) is 0 Å². The van der Waals surface area contributed by atoms with Gasteiger partial charge >= 0.3 is 6.18 Å². The van der Waals surface area contributed by atoms with E-state index in [0.29, 0.717) is 36.9 Å². The summed E-state index contributed by atoms with van der Waals surface area (Å²) in [5, 5.41) is 0. The molecule has 1 saturated carbocycles. The minimum atomic E-state index is -4.35. The molecule has 0 N–H and O–H groups in total. The van der Waals surface area contributed by atoms with Crippen LogP contribution in [-0.4, -0.2) is 28.5 Å². The van der Waals surface area contributed by atoms with Crippen LogP contribution in [0.25, 0.3) is 6.08 Å². The Kier molecular flexibility index (Phi) is 11.0. The molecule has 4 rings (SSSR count). The van der Waals surface area contributed by atoms with Gasteiger partial charge in [-0.1, -0.05) is 62.5 Å². The Morgan fingerprint density at radius 3 is 2.54 bits per heavy atom. The highest BCUT2D eigenvalue weighted by Gasteiger charge is 2.28. The number of ether oxygens (including phenoxy) is 1. The van der Waals surface area contributed by atoms with Gasteiger partial charge in [0.1, 0.15) is 17.9 Å². The van der Waals surface area contributed by atoms with Gasteiger partial charge in [-0.05, 0) is 68.9 Å². The number of aromatic nitrogens is 2. The number of benzene rings is 1. The fourth-order valence-corrected chi connectivity index (χ4v) is 6.09. The van der Waals surface area contributed by atoms with Crippen molar-refractivity contribution in [2.45, 2.75) is 108 Å². The third-order valence-electron chi connectivity index (χ3n) is 8.13. The van der Waals surface area contributed by atoms with Crippen LogP contribution in [0.4, 0.5) is 13.2 Å². The Balaban J connectivity index is 1.11. The molecule has 2 aliphatic carbocycles. The molecule has 0 unspecified atom stereocenters. The van der Waals surface area contributed by atoms with Gasteiger partial charge in [0.2, 0.25) is 0 Å². The van der Waals surface area contributed by atoms with Gasteiger partial charge in [0.15, 0.2) is 6.61 Å². The van der Waals surface area contributed by atoms with Gasteiger partial charge in [0.25, 0.3) is 0 Å². The molecule has 1 aromatic heterocycles. The van der Waals surface area contributed by atoms with Crippen molar-refractivity contribution in [3.63, 3.8) is 0 Å². The van der Waals surface area contributed by atoms with Crippen LogP contribution in [0.3, 0.4) is 0 Å². The zero-order valence-corrected chi connectivity index (χ0v) is 22.9. The number of carbonyl (C=O) groups is 1. The van der Waals surface area contributed by atoms with Crippen molar-refractivity contribution in [3.8, 4) is 5.75 Å². The Labute approximate surface area is 230 Å². The standard InChI is InChI=1S/C32H41F3N2O2/c33-32(34,35)22-39-30-21-6-2-14-25(30)13-1-3-17-27(38)18-9-12-24-10-7-15-26(16-8-11-24)31-28-19-4-5-20-29(28)36-23-37-31/h2,4,6,14,19,21,23-24,26H,1,3,5,7-13,15-18,20,22H2. The van der Waals surface area contributed by atoms with Crippen LogP contribution in [0.15, 0.2) is 36.7 Å². The van der Waals surface area contributed by atoms with Crippen molar-refractivity contribution >= 4 is 11.9 Å². The maximum absolute atomic E-state index is 12.5. The van der Waals surface area contributed by atoms with Gasteiger partial charge < -0.3 is 4.74 Å². The highest BCUT2D eigenvalue weighted by atomic mass is 19.4. The van der Waals surface area contributed by atoms with Crippen molar-refractivity contribution in [3.05, 3.63) is 59.2 Å². The van der Waals surface area contributed by atoms with E-state index in [0.717, 1.165) is 44.1 Å². The fraction of sp³-hybridized carbons (Fsp3) is 0.594. The number of rotatable bonds is 12. The lowest BCUT2D eigenvalue weighted by Gasteiger charge is -2.26. The number of nitrogens with zero attached hydrogens (tertiary/aromatic N) is 2. The van der Waals surface area contributed by atoms with Crippen molar-refractivity contribution in [2.24, 2.45) is 5.92 Å². The largest absolute Gasteiger partial charge is 0.484 e. The molecule has 1 aromatic carbocycles. The predicted octanol–water partition coefficient (Wildman–Crippen LogP) is 8.58. The summed E-state index contributed by atoms with van der Waals surface area (Å²) in [5.41, 5.74) is 4.48. The normalized spacial score (nSPS) is 19.7. The molecule has 0 atom stereocenters. The van der Waals surface area contributed by atoms with E-state index in [1.807, 2.05) is 0 Å². The summed E-state index contributed by atoms with van der Waals surface area (Å²) in [6.45, 7) is -1.29. The highest BCUT2D eigenvalue weighted by molar-refractivity contribution is 5.78. The van der Waals surface area contributed by atoms with Gasteiger partial charge in [-0.15, -0.1) is 0 Å². The molecule has 1 fully saturated rings. The van der Waals surface area contributed by atoms with Crippen LogP contribution in [0.1, 0.15) is 112 Å². The number of ketones is 1. The molecule has 0 aliphatic heterocycles. The van der Waals surface area contributed by atoms with E-state index in [9.17, 15) is 18.0 Å². The zero-order valence-electron chi connectivity index (χ0n) is 22.9. The van der Waals surface area contributed by atoms with E-state index in [2.05, 4.69) is 17.1 Å². The first-order valence-electron chi connectivity index (χ1n) is 14.7. The lowest BCUT2D eigenvalue weighted by molar-refractivity contribution is -0.153. The predicted molar refractivity (Wildman–Crippen MR) is 148 cm³/mol. The van der Waals surface area contributed by atoms with E-state index in [1.165, 1.54) is 55.5 Å². The van der Waals surface area contributed by atoms with Crippen molar-refractivity contribution < 1.29 is 22.7 Å². The van der Waals surface area contributed by atoms with Crippen LogP contribution >= 0.6 is 0 Å². The zero-order chi connectivity index (χ0) is 27.5. The molecule has 2 aromatic rings. The van der Waals surface area contributed by atoms with Gasteiger partial charge in [0.05, 0.1) is 11.4 Å². The summed E-state index contributed by atoms with van der Waals surface area (Å²) in [4.78, 5) is 21.6. The molecule has 212 valence electrons. The third kappa shape index (κ3) is 9.47. The number of para-hydroxylation sites is 1. The molecule has 0 amide bonds. The first-order valence-corrected chi connectivity index (χ1v) is 14.7. The average molecular weight is 543 g/mol. The van der Waals surface area contributed by atoms with Crippen LogP contribution in [0, 0.1) is 5.92 Å². The Morgan fingerprint density at radius 1 is 0.974 bits per heavy atom. The molecular weight excluding hydrogens is 501 g/mol. The average Bonchev–Trinajstić information content (AvgIpc) is 2.91. The van der Waals surface area contributed by atoms with E-state index >= 15 is 0 Å². The smallest absolute Gasteiger partial charge is 0.422 e. The Hall–Kier alpha value is -2.70. The summed E-state index contributed by atoms with van der Waals surface area (Å²) < 4.78 is 42.4. The molecule has 39 heavy (non-hydrogen) atoms. The van der Waals surface area contributed by atoms with Gasteiger partial charge in [-0.2, -0.15) is 13.2 Å². The first-order chi connectivity index (χ1) is 18.9. The molecule has 1 heterocycles. The maximum Gasteiger partial charge on any atom is 0.422 e. The minimum Gasteiger partial charge on any atom is -0.484 e. The van der Waals surface area contributed by atoms with Crippen molar-refractivity contribution in [2.75, 3.05) is 6.61 Å². The van der Waals surface area contributed by atoms with E-state index in [-0.39, 0.29) is 5.75 Å². The number of unbranched alkanes of at least 4 members (excludes halogenated alkanes) is 1. The molecule has 7 heteroatoms. The van der Waals surface area contributed by atoms with Crippen LogP contribution < -0.4 is 4.74 Å². The van der Waals surface area contributed by atoms with Crippen molar-refractivity contribution in [1.29, 1.82) is 0 Å². The highest BCUT2D eigenvalue weighted by Crippen LogP contribution is 2.36. The molecule has 0 saturated heterocycles. The number of allylic oxidation sites excluding steroid dienone is 1. The number of halogens is 3. The molecule has 2 aliphatic rings. The summed E-state index contributed by atoms with van der Waals surface area (Å²) in [7, 11) is 0. The molecular formula is C32H41F3N2O2. The van der Waals surface area contributed by atoms with E-state index in [1.54, 1.807) is 30.6 Å². The quantitative estimate of drug-likeness (QED) is 0.252. The lowest BCUT2D eigenvalue weighted by Crippen LogP contribution is -2.19. The van der Waals surface area contributed by atoms with Gasteiger partial charge in [-0.25, -0.2) is 9.97 Å². The number of hydrogen-bond donors (Lipinski definition) is 0. The molecule has 0 radical (unpaired) electrons. The molecule has 0 spiro atoms. The number of aryl methyl sites for hydroxylation is 2. The minimum absolute atomic E-state index is 0.278. The monoisotopic (exact) mass is 542 g/mol. The van der Waals surface area contributed by atoms with Gasteiger partial charge in [0, 0.05) is 24.3 Å². The second kappa shape index (κ2) is 14.6. The summed E-state index contributed by atoms with van der Waals surface area (Å²) in [6, 6.07) is 6.84. The molecule has 0 bridgehead atoms. The summed E-state index contributed by atoms with van der Waals surface area (Å²) in [5.74, 6) is 1.80. The Bertz CT molecular complexity index is 1090. The van der Waals surface area contributed by atoms with E-state index in [4.69, 9.17) is 9.72 Å². The third-order valence-corrected chi connectivity index (χ3v) is 8.13. The first kappa shape index (κ1) is 29.3. The van der Waals surface area contributed by atoms with Crippen LogP contribution in [0.5, 0.6) is 5.75 Å². The number of hydrogen-bond acceptors (Lipinski definition) is 4. The fourth-order valence-electron chi connectivity index (χ4n) is 6.09. The number of Topliss-reactive ketones (excluding diaryl/α,β-unsaturated/α-hetero) is 1. The van der Waals surface area contributed by atoms with Crippen LogP contribution in [-0.2, 0) is 17.6 Å². The number of alkyl halides is 3. The maximum atomic E-state index is 12.5. The van der Waals surface area contributed by atoms with Crippen molar-refractivity contribution in [1.82, 2.24) is 9.97 Å². The second-order valence-corrected chi connectivity index (χ2v) is 11.1. The lowest BCUT2D eigenvalue weighted by atomic mass is 9.81. The second-order valence-electron chi connectivity index (χ2n) is 11.1. The Morgan fingerprint density at radius 2 is 1.74 bits per heavy atom. The summed E-state index contributed by atoms with van der Waals surface area (Å²) in [6.07, 6.45) is 16.5. The number of carbonyl (C=O) groups excluding carboxylic acids is 1. The van der Waals surface area contributed by atoms with E-state index < -0.39 is 12.8 Å². The topological polar surface area (TPSA) is 52.1 Å². The SMILES string of the molecule is O=C(CCCCc1ccccc1OCC(F)(F)F)CCCC1CCCC(c2ncnc3c2C=CCC3)CCC1. The number of fused-ring (bicyclic) bond motifs is 1. The molecule has 4 nitrogen and oxygen atoms in total. The summed E-state index contributed by atoms with van der Waals surface area (Å²) >= 11 is 0. The van der Waals surface area contributed by atoms with Gasteiger partial charge in [-0.3, -0.25) is 4.79 Å².